The Morgan fingerprint density at radius 3 is 1.63 bits per heavy atom. The van der Waals surface area contributed by atoms with E-state index in [1.165, 1.54) is 0 Å². The average Bonchev–Trinajstić information content (AvgIpc) is 3.29. The lowest BCUT2D eigenvalue weighted by Crippen LogP contribution is -2.64. The maximum absolute atomic E-state index is 13.0. The highest BCUT2D eigenvalue weighted by molar-refractivity contribution is 7.47. The van der Waals surface area contributed by atoms with Gasteiger partial charge in [0.15, 0.2) is 6.10 Å². The number of phosphoric ester groups is 2. The molecule has 0 aliphatic heterocycles. The van der Waals surface area contributed by atoms with Crippen molar-refractivity contribution < 1.29 is 82.0 Å². The summed E-state index contributed by atoms with van der Waals surface area (Å²) >= 11 is 0. The zero-order valence-electron chi connectivity index (χ0n) is 39.6. The van der Waals surface area contributed by atoms with E-state index in [9.17, 15) is 58.9 Å². The third-order valence-electron chi connectivity index (χ3n) is 9.92. The van der Waals surface area contributed by atoms with E-state index in [1.807, 2.05) is 61.6 Å². The molecule has 0 saturated heterocycles. The minimum atomic E-state index is -5.38. The number of carbonyl (C=O) groups is 2. The first-order chi connectivity index (χ1) is 32.5. The van der Waals surface area contributed by atoms with Crippen LogP contribution in [0, 0.1) is 0 Å². The van der Waals surface area contributed by atoms with Crippen LogP contribution in [0.3, 0.4) is 0 Å². The number of allylic oxidation sites excluding steroid dienone is 16. The van der Waals surface area contributed by atoms with Crippen LogP contribution in [0.15, 0.2) is 109 Å². The Kier molecular flexibility index (Phi) is 35.4. The van der Waals surface area contributed by atoms with Crippen LogP contribution < -0.4 is 0 Å². The number of ether oxygens (including phenoxy) is 2. The van der Waals surface area contributed by atoms with Gasteiger partial charge in [0.2, 0.25) is 0 Å². The Labute approximate surface area is 402 Å². The van der Waals surface area contributed by atoms with Crippen molar-refractivity contribution in [3.8, 4) is 0 Å². The zero-order chi connectivity index (χ0) is 50.5. The minimum absolute atomic E-state index is 0.0648. The van der Waals surface area contributed by atoms with Crippen molar-refractivity contribution in [1.29, 1.82) is 0 Å². The summed E-state index contributed by atoms with van der Waals surface area (Å²) in [5.41, 5.74) is 0. The summed E-state index contributed by atoms with van der Waals surface area (Å²) in [6, 6.07) is 0. The molecular formula is C49H78O17P2. The highest BCUT2D eigenvalue weighted by Crippen LogP contribution is 2.49. The van der Waals surface area contributed by atoms with Gasteiger partial charge >= 0.3 is 27.6 Å². The van der Waals surface area contributed by atoms with Crippen molar-refractivity contribution in [1.82, 2.24) is 0 Å². The molecule has 6 unspecified atom stereocenters. The summed E-state index contributed by atoms with van der Waals surface area (Å²) in [4.78, 5) is 54.3. The van der Waals surface area contributed by atoms with Crippen molar-refractivity contribution >= 4 is 27.6 Å². The quantitative estimate of drug-likeness (QED) is 0.00965. The van der Waals surface area contributed by atoms with Gasteiger partial charge in [0.25, 0.3) is 0 Å². The number of carbonyl (C=O) groups excluding carboxylic acids is 2. The largest absolute Gasteiger partial charge is 0.472 e. The van der Waals surface area contributed by atoms with Crippen LogP contribution in [0.1, 0.15) is 123 Å². The summed E-state index contributed by atoms with van der Waals surface area (Å²) < 4.78 is 49.3. The van der Waals surface area contributed by atoms with Gasteiger partial charge in [-0.1, -0.05) is 136 Å². The van der Waals surface area contributed by atoms with Gasteiger partial charge in [-0.2, -0.15) is 0 Å². The van der Waals surface area contributed by atoms with Gasteiger partial charge in [0.1, 0.15) is 43.2 Å². The predicted molar refractivity (Wildman–Crippen MR) is 261 cm³/mol. The summed E-state index contributed by atoms with van der Waals surface area (Å²) in [6.45, 7) is 2.67. The van der Waals surface area contributed by atoms with Crippen LogP contribution in [0.25, 0.3) is 0 Å². The van der Waals surface area contributed by atoms with Crippen LogP contribution in [0.5, 0.6) is 0 Å². The highest BCUT2D eigenvalue weighted by atomic mass is 31.2. The van der Waals surface area contributed by atoms with Crippen molar-refractivity contribution in [2.24, 2.45) is 0 Å². The molecule has 0 aromatic heterocycles. The fraction of sp³-hybridized carbons (Fsp3) is 0.592. The molecule has 0 aromatic rings. The highest BCUT2D eigenvalue weighted by Gasteiger charge is 2.54. The molecule has 0 spiro atoms. The summed E-state index contributed by atoms with van der Waals surface area (Å²) in [5.74, 6) is -1.34. The van der Waals surface area contributed by atoms with E-state index in [2.05, 4.69) is 60.1 Å². The van der Waals surface area contributed by atoms with E-state index in [0.29, 0.717) is 32.1 Å². The molecule has 68 heavy (non-hydrogen) atoms. The number of aliphatic hydroxyl groups excluding tert-OH is 5. The van der Waals surface area contributed by atoms with E-state index in [4.69, 9.17) is 18.5 Å². The van der Waals surface area contributed by atoms with Gasteiger partial charge < -0.3 is 49.7 Å². The van der Waals surface area contributed by atoms with E-state index in [-0.39, 0.29) is 12.8 Å². The van der Waals surface area contributed by atoms with Gasteiger partial charge in [-0.3, -0.25) is 23.2 Å². The molecule has 1 fully saturated rings. The van der Waals surface area contributed by atoms with Crippen molar-refractivity contribution in [2.45, 2.75) is 172 Å². The molecule has 17 nitrogen and oxygen atoms in total. The Morgan fingerprint density at radius 1 is 0.544 bits per heavy atom. The van der Waals surface area contributed by atoms with Crippen molar-refractivity contribution in [3.05, 3.63) is 109 Å². The minimum Gasteiger partial charge on any atom is -0.462 e. The second-order valence-electron chi connectivity index (χ2n) is 15.9. The van der Waals surface area contributed by atoms with Gasteiger partial charge in [-0.15, -0.1) is 0 Å². The predicted octanol–water partition coefficient (Wildman–Crippen LogP) is 7.92. The second kappa shape index (κ2) is 38.4. The third kappa shape index (κ3) is 32.4. The monoisotopic (exact) mass is 1000 g/mol. The molecule has 0 heterocycles. The lowest BCUT2D eigenvalue weighted by molar-refractivity contribution is -0.216. The molecule has 1 aliphatic carbocycles. The van der Waals surface area contributed by atoms with Crippen LogP contribution in [-0.2, 0) is 41.8 Å². The first-order valence-electron chi connectivity index (χ1n) is 23.5. The average molecular weight is 1000 g/mol. The number of hydrogen-bond donors (Lipinski definition) is 8. The lowest BCUT2D eigenvalue weighted by Gasteiger charge is -2.43. The number of hydrogen-bond acceptors (Lipinski definition) is 14. The second-order valence-corrected chi connectivity index (χ2v) is 18.5. The standard InChI is InChI=1S/C49H78O17P2/c1-3-5-7-8-9-10-11-12-13-14-15-16-20-23-26-29-32-36-42(51)62-38-41(39-63-68(60,61)66-49-46(55)44(53)45(54)48(47(49)56)65-67(57,58)59)64-43(52)37-33-30-27-24-21-18-17-19-22-25-28-31-35-40(50)34-6-4-2/h5-7,9-10,12-13,15-18,22,24-25,27-28,31,34,40-41,44-50,53-56H,3-4,8,11,14,19-21,23,26,29-30,32-33,35-39H2,1-2H3,(H,60,61)(H2,57,58,59)/b7-5-,10-9-,13-12-,16-15-,18-17-,25-22-,27-24-,31-28+,34-6-/t40?,41-,44?,45?,46?,47?,48-,49+/m1/s1. The maximum Gasteiger partial charge on any atom is 0.472 e. The normalized spacial score (nSPS) is 22.7. The number of rotatable bonds is 37. The van der Waals surface area contributed by atoms with Crippen LogP contribution >= 0.6 is 15.6 Å². The zero-order valence-corrected chi connectivity index (χ0v) is 41.4. The Morgan fingerprint density at radius 2 is 1.04 bits per heavy atom. The molecule has 1 rings (SSSR count). The number of aliphatic hydroxyl groups is 5. The fourth-order valence-corrected chi connectivity index (χ4v) is 7.85. The molecule has 0 radical (unpaired) electrons. The molecule has 0 bridgehead atoms. The molecule has 19 heteroatoms. The van der Waals surface area contributed by atoms with Gasteiger partial charge in [0, 0.05) is 12.8 Å². The van der Waals surface area contributed by atoms with Crippen LogP contribution in [-0.4, -0.2) is 114 Å². The maximum atomic E-state index is 13.0. The Hall–Kier alpha value is -3.38. The molecule has 1 aliphatic rings. The molecule has 386 valence electrons. The molecule has 0 aromatic carbocycles. The smallest absolute Gasteiger partial charge is 0.462 e. The third-order valence-corrected chi connectivity index (χ3v) is 11.4. The Bertz CT molecular complexity index is 1750. The SMILES string of the molecule is CC/C=C\C/C=C\C/C=C\C/C=C\CCCCCCC(=O)OC[C@H](COP(=O)(O)O[C@H]1C(O)C(O)C(O)[C@@H](OP(=O)(O)O)C1O)OC(=O)CCC/C=C\C/C=C\C/C=C\C=C\CC(O)/C=C\CC. The lowest BCUT2D eigenvalue weighted by atomic mass is 9.85. The molecule has 9 atom stereocenters. The van der Waals surface area contributed by atoms with Gasteiger partial charge in [0.05, 0.1) is 12.7 Å². The number of esters is 2. The van der Waals surface area contributed by atoms with E-state index >= 15 is 0 Å². The Balaban J connectivity index is 2.67. The summed E-state index contributed by atoms with van der Waals surface area (Å²) in [7, 11) is -10.7. The van der Waals surface area contributed by atoms with E-state index in [0.717, 1.165) is 64.2 Å². The molecule has 8 N–H and O–H groups in total. The van der Waals surface area contributed by atoms with E-state index in [1.54, 1.807) is 6.08 Å². The summed E-state index contributed by atoms with van der Waals surface area (Å²) in [6.07, 6.45) is 32.5. The van der Waals surface area contributed by atoms with Crippen molar-refractivity contribution in [2.75, 3.05) is 13.2 Å². The molecule has 0 amide bonds. The molecule has 1 saturated carbocycles. The molecular weight excluding hydrogens is 922 g/mol. The van der Waals surface area contributed by atoms with Crippen LogP contribution in [0.2, 0.25) is 0 Å². The number of unbranched alkanes of at least 4 members (excludes halogenated alkanes) is 5. The topological polar surface area (TPSA) is 276 Å². The van der Waals surface area contributed by atoms with Gasteiger partial charge in [-0.05, 0) is 83.5 Å². The first kappa shape index (κ1) is 62.6. The summed E-state index contributed by atoms with van der Waals surface area (Å²) in [5, 5.41) is 51.0. The first-order valence-corrected chi connectivity index (χ1v) is 26.6. The van der Waals surface area contributed by atoms with Gasteiger partial charge in [-0.25, -0.2) is 9.13 Å². The van der Waals surface area contributed by atoms with Crippen LogP contribution in [0.4, 0.5) is 0 Å². The van der Waals surface area contributed by atoms with Crippen molar-refractivity contribution in [3.63, 3.8) is 0 Å². The fourth-order valence-electron chi connectivity index (χ4n) is 6.31. The number of phosphoric acid groups is 2. The van der Waals surface area contributed by atoms with E-state index < -0.39 is 89.6 Å².